The van der Waals surface area contributed by atoms with Gasteiger partial charge in [0.25, 0.3) is 0 Å². The summed E-state index contributed by atoms with van der Waals surface area (Å²) in [5.74, 6) is 0.470. The molecule has 0 aliphatic rings. The van der Waals surface area contributed by atoms with Crippen molar-refractivity contribution in [3.63, 3.8) is 0 Å². The summed E-state index contributed by atoms with van der Waals surface area (Å²) in [6.45, 7) is 2.00. The van der Waals surface area contributed by atoms with Crippen LogP contribution < -0.4 is 10.6 Å². The van der Waals surface area contributed by atoms with E-state index < -0.39 is 0 Å². The van der Waals surface area contributed by atoms with Crippen molar-refractivity contribution in [3.05, 3.63) is 47.4 Å². The first-order chi connectivity index (χ1) is 9.13. The zero-order valence-electron chi connectivity index (χ0n) is 10.4. The van der Waals surface area contributed by atoms with Crippen molar-refractivity contribution < 1.29 is 4.79 Å². The first kappa shape index (κ1) is 13.3. The summed E-state index contributed by atoms with van der Waals surface area (Å²) in [6, 6.07) is 8.70. The Balaban J connectivity index is 1.86. The highest BCUT2D eigenvalue weighted by molar-refractivity contribution is 6.30. The van der Waals surface area contributed by atoms with Crippen LogP contribution in [0.1, 0.15) is 5.69 Å². The van der Waals surface area contributed by atoms with E-state index in [1.807, 2.05) is 6.92 Å². The van der Waals surface area contributed by atoms with Crippen LogP contribution in [0.3, 0.4) is 0 Å². The SMILES string of the molecule is Cc1cc(NCC(=O)Nc2ccc(Cl)cc2)ncn1. The summed E-state index contributed by atoms with van der Waals surface area (Å²) in [5.41, 5.74) is 1.55. The number of nitrogens with zero attached hydrogens (tertiary/aromatic N) is 2. The largest absolute Gasteiger partial charge is 0.361 e. The second-order valence-corrected chi connectivity index (χ2v) is 4.39. The number of aromatic nitrogens is 2. The van der Waals surface area contributed by atoms with Crippen LogP contribution in [0.4, 0.5) is 11.5 Å². The van der Waals surface area contributed by atoms with Gasteiger partial charge in [-0.1, -0.05) is 11.6 Å². The van der Waals surface area contributed by atoms with Gasteiger partial charge in [-0.15, -0.1) is 0 Å². The topological polar surface area (TPSA) is 66.9 Å². The molecule has 0 saturated carbocycles. The number of halogens is 1. The van der Waals surface area contributed by atoms with Crippen molar-refractivity contribution in [3.8, 4) is 0 Å². The third kappa shape index (κ3) is 4.22. The van der Waals surface area contributed by atoms with Crippen LogP contribution in [0.2, 0.25) is 5.02 Å². The van der Waals surface area contributed by atoms with E-state index in [-0.39, 0.29) is 12.5 Å². The number of aryl methyl sites for hydroxylation is 1. The van der Waals surface area contributed by atoms with Gasteiger partial charge in [-0.3, -0.25) is 4.79 Å². The van der Waals surface area contributed by atoms with Crippen LogP contribution in [0, 0.1) is 6.92 Å². The van der Waals surface area contributed by atoms with Gasteiger partial charge in [-0.25, -0.2) is 9.97 Å². The predicted octanol–water partition coefficient (Wildman–Crippen LogP) is 2.49. The number of amides is 1. The van der Waals surface area contributed by atoms with Crippen LogP contribution in [-0.4, -0.2) is 22.4 Å². The van der Waals surface area contributed by atoms with E-state index in [9.17, 15) is 4.79 Å². The monoisotopic (exact) mass is 276 g/mol. The first-order valence-corrected chi connectivity index (χ1v) is 6.09. The second kappa shape index (κ2) is 6.15. The lowest BCUT2D eigenvalue weighted by Gasteiger charge is -2.07. The summed E-state index contributed by atoms with van der Waals surface area (Å²) >= 11 is 5.76. The average Bonchev–Trinajstić information content (AvgIpc) is 2.39. The number of hydrogen-bond donors (Lipinski definition) is 2. The molecule has 0 unspecified atom stereocenters. The van der Waals surface area contributed by atoms with Gasteiger partial charge in [0.15, 0.2) is 0 Å². The lowest BCUT2D eigenvalue weighted by Crippen LogP contribution is -2.22. The van der Waals surface area contributed by atoms with E-state index in [4.69, 9.17) is 11.6 Å². The fourth-order valence-electron chi connectivity index (χ4n) is 1.46. The Morgan fingerprint density at radius 1 is 1.26 bits per heavy atom. The van der Waals surface area contributed by atoms with Crippen LogP contribution in [0.25, 0.3) is 0 Å². The van der Waals surface area contributed by atoms with Gasteiger partial charge < -0.3 is 10.6 Å². The number of hydrogen-bond acceptors (Lipinski definition) is 4. The minimum atomic E-state index is -0.154. The Labute approximate surface area is 116 Å². The standard InChI is InChI=1S/C13H13ClN4O/c1-9-6-12(17-8-16-9)15-7-13(19)18-11-4-2-10(14)3-5-11/h2-6,8H,7H2,1H3,(H,18,19)(H,15,16,17). The molecule has 0 radical (unpaired) electrons. The zero-order chi connectivity index (χ0) is 13.7. The highest BCUT2D eigenvalue weighted by atomic mass is 35.5. The van der Waals surface area contributed by atoms with Gasteiger partial charge in [-0.05, 0) is 31.2 Å². The van der Waals surface area contributed by atoms with E-state index in [1.54, 1.807) is 30.3 Å². The Hall–Kier alpha value is -2.14. The third-order valence-corrected chi connectivity index (χ3v) is 2.61. The normalized spacial score (nSPS) is 10.0. The van der Waals surface area contributed by atoms with Crippen LogP contribution in [0.15, 0.2) is 36.7 Å². The van der Waals surface area contributed by atoms with Crippen molar-refractivity contribution in [2.45, 2.75) is 6.92 Å². The minimum Gasteiger partial charge on any atom is -0.361 e. The van der Waals surface area contributed by atoms with Gasteiger partial charge >= 0.3 is 0 Å². The third-order valence-electron chi connectivity index (χ3n) is 2.36. The van der Waals surface area contributed by atoms with Crippen LogP contribution >= 0.6 is 11.6 Å². The van der Waals surface area contributed by atoms with E-state index >= 15 is 0 Å². The van der Waals surface area contributed by atoms with Gasteiger partial charge in [-0.2, -0.15) is 0 Å². The van der Waals surface area contributed by atoms with E-state index in [0.29, 0.717) is 16.5 Å². The number of carbonyl (C=O) groups is 1. The number of rotatable bonds is 4. The maximum atomic E-state index is 11.7. The van der Waals surface area contributed by atoms with Gasteiger partial charge in [0.05, 0.1) is 6.54 Å². The molecule has 0 spiro atoms. The van der Waals surface area contributed by atoms with Gasteiger partial charge in [0, 0.05) is 22.5 Å². The summed E-state index contributed by atoms with van der Waals surface area (Å²) in [4.78, 5) is 19.7. The maximum absolute atomic E-state index is 11.7. The lowest BCUT2D eigenvalue weighted by molar-refractivity contribution is -0.114. The molecule has 6 heteroatoms. The molecule has 1 amide bonds. The summed E-state index contributed by atoms with van der Waals surface area (Å²) < 4.78 is 0. The Morgan fingerprint density at radius 2 is 2.00 bits per heavy atom. The molecule has 98 valence electrons. The van der Waals surface area contributed by atoms with E-state index in [0.717, 1.165) is 5.69 Å². The highest BCUT2D eigenvalue weighted by Crippen LogP contribution is 2.13. The molecule has 2 N–H and O–H groups in total. The fourth-order valence-corrected chi connectivity index (χ4v) is 1.59. The quantitative estimate of drug-likeness (QED) is 0.900. The average molecular weight is 277 g/mol. The van der Waals surface area contributed by atoms with Gasteiger partial charge in [0.2, 0.25) is 5.91 Å². The van der Waals surface area contributed by atoms with Crippen molar-refractivity contribution in [2.24, 2.45) is 0 Å². The molecule has 1 heterocycles. The molecule has 2 rings (SSSR count). The van der Waals surface area contributed by atoms with Crippen molar-refractivity contribution in [1.82, 2.24) is 9.97 Å². The van der Waals surface area contributed by atoms with E-state index in [2.05, 4.69) is 20.6 Å². The molecule has 5 nitrogen and oxygen atoms in total. The number of nitrogens with one attached hydrogen (secondary N) is 2. The molecule has 19 heavy (non-hydrogen) atoms. The molecule has 0 aliphatic carbocycles. The number of anilines is 2. The van der Waals surface area contributed by atoms with Crippen molar-refractivity contribution in [2.75, 3.05) is 17.2 Å². The van der Waals surface area contributed by atoms with Crippen LogP contribution in [-0.2, 0) is 4.79 Å². The molecule has 0 fully saturated rings. The molecular weight excluding hydrogens is 264 g/mol. The predicted molar refractivity (Wildman–Crippen MR) is 75.3 cm³/mol. The summed E-state index contributed by atoms with van der Waals surface area (Å²) in [7, 11) is 0. The molecule has 1 aromatic heterocycles. The first-order valence-electron chi connectivity index (χ1n) is 5.71. The second-order valence-electron chi connectivity index (χ2n) is 3.95. The van der Waals surface area contributed by atoms with Crippen molar-refractivity contribution in [1.29, 1.82) is 0 Å². The summed E-state index contributed by atoms with van der Waals surface area (Å²) in [5, 5.41) is 6.31. The Bertz CT molecular complexity index is 571. The summed E-state index contributed by atoms with van der Waals surface area (Å²) in [6.07, 6.45) is 1.45. The molecule has 2 aromatic rings. The molecular formula is C13H13ClN4O. The zero-order valence-corrected chi connectivity index (χ0v) is 11.1. The maximum Gasteiger partial charge on any atom is 0.243 e. The fraction of sp³-hybridized carbons (Fsp3) is 0.154. The molecule has 1 aromatic carbocycles. The van der Waals surface area contributed by atoms with Crippen molar-refractivity contribution >= 4 is 29.0 Å². The lowest BCUT2D eigenvalue weighted by atomic mass is 10.3. The molecule has 0 saturated heterocycles. The van der Waals surface area contributed by atoms with Crippen LogP contribution in [0.5, 0.6) is 0 Å². The van der Waals surface area contributed by atoms with E-state index in [1.165, 1.54) is 6.33 Å². The molecule has 0 bridgehead atoms. The number of benzene rings is 1. The Morgan fingerprint density at radius 3 is 2.68 bits per heavy atom. The highest BCUT2D eigenvalue weighted by Gasteiger charge is 2.03. The number of carbonyl (C=O) groups excluding carboxylic acids is 1. The molecule has 0 aliphatic heterocycles. The van der Waals surface area contributed by atoms with Gasteiger partial charge in [0.1, 0.15) is 12.1 Å². The molecule has 0 atom stereocenters. The Kier molecular flexibility index (Phi) is 4.30. The smallest absolute Gasteiger partial charge is 0.243 e. The minimum absolute atomic E-state index is 0.138.